The maximum atomic E-state index is 10.6. The topological polar surface area (TPSA) is 49.8 Å². The lowest BCUT2D eigenvalue weighted by Crippen LogP contribution is -2.33. The molecule has 0 aromatic heterocycles. The molecule has 0 fully saturated rings. The number of benzene rings is 1. The molecule has 0 amide bonds. The first kappa shape index (κ1) is 14.5. The lowest BCUT2D eigenvalue weighted by Gasteiger charge is -2.18. The van der Waals surface area contributed by atoms with Crippen molar-refractivity contribution in [3.8, 4) is 5.75 Å². The normalized spacial score (nSPS) is 10.3. The number of hydrogen-bond donors (Lipinski definition) is 1. The van der Waals surface area contributed by atoms with Gasteiger partial charge in [0.25, 0.3) is 0 Å². The monoisotopic (exact) mass is 269 g/mol. The molecule has 1 rings (SSSR count). The first-order valence-electron chi connectivity index (χ1n) is 5.55. The van der Waals surface area contributed by atoms with Crippen molar-refractivity contribution in [1.29, 1.82) is 0 Å². The molecule has 0 radical (unpaired) electrons. The van der Waals surface area contributed by atoms with E-state index in [0.717, 1.165) is 0 Å². The van der Waals surface area contributed by atoms with Gasteiger partial charge in [0.15, 0.2) is 0 Å². The average Bonchev–Trinajstić information content (AvgIpc) is 2.28. The molecule has 4 nitrogen and oxygen atoms in total. The molecule has 1 N–H and O–H groups in total. The minimum Gasteiger partial charge on any atom is -0.492 e. The molecule has 0 aliphatic heterocycles. The van der Waals surface area contributed by atoms with E-state index in [2.05, 4.69) is 6.58 Å². The molecular weight excluding hydrogens is 254 g/mol. The van der Waals surface area contributed by atoms with Crippen LogP contribution in [0.5, 0.6) is 5.75 Å². The highest BCUT2D eigenvalue weighted by molar-refractivity contribution is 6.30. The molecule has 0 aliphatic rings. The van der Waals surface area contributed by atoms with E-state index in [4.69, 9.17) is 21.4 Å². The summed E-state index contributed by atoms with van der Waals surface area (Å²) in [6, 6.07) is 7.09. The van der Waals surface area contributed by atoms with Crippen molar-refractivity contribution in [3.63, 3.8) is 0 Å². The summed E-state index contributed by atoms with van der Waals surface area (Å²) < 4.78 is 5.49. The molecule has 18 heavy (non-hydrogen) atoms. The van der Waals surface area contributed by atoms with Gasteiger partial charge in [-0.15, -0.1) is 6.58 Å². The van der Waals surface area contributed by atoms with Crippen LogP contribution in [0.1, 0.15) is 0 Å². The summed E-state index contributed by atoms with van der Waals surface area (Å²) in [5.74, 6) is -0.184. The third-order valence-corrected chi connectivity index (χ3v) is 2.45. The van der Waals surface area contributed by atoms with Crippen LogP contribution in [0.15, 0.2) is 36.9 Å². The second-order valence-corrected chi connectivity index (χ2v) is 4.16. The van der Waals surface area contributed by atoms with Crippen LogP contribution >= 0.6 is 11.6 Å². The Morgan fingerprint density at radius 3 is 2.94 bits per heavy atom. The van der Waals surface area contributed by atoms with Gasteiger partial charge < -0.3 is 9.84 Å². The third kappa shape index (κ3) is 5.70. The molecule has 1 aromatic rings. The van der Waals surface area contributed by atoms with Crippen LogP contribution < -0.4 is 4.74 Å². The van der Waals surface area contributed by atoms with Gasteiger partial charge in [0, 0.05) is 18.1 Å². The predicted octanol–water partition coefficient (Wildman–Crippen LogP) is 2.29. The molecule has 5 heteroatoms. The van der Waals surface area contributed by atoms with Crippen molar-refractivity contribution in [2.24, 2.45) is 0 Å². The van der Waals surface area contributed by atoms with Crippen molar-refractivity contribution in [1.82, 2.24) is 4.90 Å². The summed E-state index contributed by atoms with van der Waals surface area (Å²) in [6.45, 7) is 5.01. The Morgan fingerprint density at radius 2 is 2.33 bits per heavy atom. The van der Waals surface area contributed by atoms with E-state index >= 15 is 0 Å². The molecule has 0 heterocycles. The Kier molecular flexibility index (Phi) is 6.25. The molecule has 0 saturated heterocycles. The molecule has 0 unspecified atom stereocenters. The summed E-state index contributed by atoms with van der Waals surface area (Å²) in [7, 11) is 0. The fourth-order valence-corrected chi connectivity index (χ4v) is 1.64. The Hall–Kier alpha value is -1.52. The van der Waals surface area contributed by atoms with Crippen LogP contribution in [0.4, 0.5) is 0 Å². The summed E-state index contributed by atoms with van der Waals surface area (Å²) in [5.41, 5.74) is 0. The van der Waals surface area contributed by atoms with Gasteiger partial charge in [-0.3, -0.25) is 9.69 Å². The van der Waals surface area contributed by atoms with E-state index in [1.807, 2.05) is 0 Å². The molecule has 1 aromatic carbocycles. The fraction of sp³-hybridized carbons (Fsp3) is 0.308. The van der Waals surface area contributed by atoms with Gasteiger partial charge in [0.1, 0.15) is 12.4 Å². The number of hydrogen-bond acceptors (Lipinski definition) is 3. The van der Waals surface area contributed by atoms with E-state index in [-0.39, 0.29) is 6.54 Å². The van der Waals surface area contributed by atoms with E-state index in [1.165, 1.54) is 0 Å². The van der Waals surface area contributed by atoms with Gasteiger partial charge >= 0.3 is 5.97 Å². The molecule has 0 spiro atoms. The number of halogens is 1. The minimum absolute atomic E-state index is 0.0229. The molecule has 0 aliphatic carbocycles. The van der Waals surface area contributed by atoms with Crippen LogP contribution in [-0.2, 0) is 4.79 Å². The predicted molar refractivity (Wildman–Crippen MR) is 71.2 cm³/mol. The highest BCUT2D eigenvalue weighted by atomic mass is 35.5. The second-order valence-electron chi connectivity index (χ2n) is 3.72. The van der Waals surface area contributed by atoms with Crippen LogP contribution in [0, 0.1) is 0 Å². The number of carbonyl (C=O) groups is 1. The van der Waals surface area contributed by atoms with Crippen molar-refractivity contribution < 1.29 is 14.6 Å². The van der Waals surface area contributed by atoms with Gasteiger partial charge in [-0.05, 0) is 18.2 Å². The minimum atomic E-state index is -0.861. The zero-order valence-corrected chi connectivity index (χ0v) is 10.8. The Bertz CT molecular complexity index is 409. The number of ether oxygens (including phenoxy) is 1. The van der Waals surface area contributed by atoms with E-state index in [0.29, 0.717) is 30.5 Å². The second kappa shape index (κ2) is 7.74. The number of aliphatic carboxylic acids is 1. The first-order valence-corrected chi connectivity index (χ1v) is 5.93. The van der Waals surface area contributed by atoms with Crippen molar-refractivity contribution in [2.75, 3.05) is 26.2 Å². The van der Waals surface area contributed by atoms with Crippen LogP contribution in [0.2, 0.25) is 5.02 Å². The standard InChI is InChI=1S/C13H16ClNO3/c1-2-6-15(10-13(16)17)7-8-18-12-5-3-4-11(14)9-12/h2-5,9H,1,6-8,10H2,(H,16,17). The number of nitrogens with zero attached hydrogens (tertiary/aromatic N) is 1. The SMILES string of the molecule is C=CCN(CCOc1cccc(Cl)c1)CC(=O)O. The average molecular weight is 270 g/mol. The first-order chi connectivity index (χ1) is 8.61. The quantitative estimate of drug-likeness (QED) is 0.736. The lowest BCUT2D eigenvalue weighted by atomic mass is 10.3. The Balaban J connectivity index is 2.38. The summed E-state index contributed by atoms with van der Waals surface area (Å²) >= 11 is 5.82. The van der Waals surface area contributed by atoms with Crippen molar-refractivity contribution >= 4 is 17.6 Å². The third-order valence-electron chi connectivity index (χ3n) is 2.22. The van der Waals surface area contributed by atoms with Gasteiger partial charge in [0.2, 0.25) is 0 Å². The molecule has 98 valence electrons. The Labute approximate surface area is 111 Å². The smallest absolute Gasteiger partial charge is 0.317 e. The zero-order chi connectivity index (χ0) is 13.4. The van der Waals surface area contributed by atoms with E-state index in [9.17, 15) is 4.79 Å². The van der Waals surface area contributed by atoms with Gasteiger partial charge in [-0.1, -0.05) is 23.7 Å². The maximum Gasteiger partial charge on any atom is 0.317 e. The number of carboxylic acids is 1. The van der Waals surface area contributed by atoms with Crippen molar-refractivity contribution in [2.45, 2.75) is 0 Å². The summed E-state index contributed by atoms with van der Waals surface area (Å²) in [6.07, 6.45) is 1.67. The molecule has 0 bridgehead atoms. The Morgan fingerprint density at radius 1 is 1.56 bits per heavy atom. The highest BCUT2D eigenvalue weighted by Gasteiger charge is 2.07. The number of carboxylic acid groups (broad SMARTS) is 1. The number of rotatable bonds is 8. The lowest BCUT2D eigenvalue weighted by molar-refractivity contribution is -0.138. The van der Waals surface area contributed by atoms with Gasteiger partial charge in [-0.2, -0.15) is 0 Å². The zero-order valence-electron chi connectivity index (χ0n) is 10.0. The molecular formula is C13H16ClNO3. The van der Waals surface area contributed by atoms with Crippen molar-refractivity contribution in [3.05, 3.63) is 41.9 Å². The molecule has 0 saturated carbocycles. The molecule has 0 atom stereocenters. The van der Waals surface area contributed by atoms with E-state index in [1.54, 1.807) is 35.2 Å². The van der Waals surface area contributed by atoms with Gasteiger partial charge in [-0.25, -0.2) is 0 Å². The largest absolute Gasteiger partial charge is 0.492 e. The maximum absolute atomic E-state index is 10.6. The van der Waals surface area contributed by atoms with Gasteiger partial charge in [0.05, 0.1) is 6.54 Å². The fourth-order valence-electron chi connectivity index (χ4n) is 1.46. The summed E-state index contributed by atoms with van der Waals surface area (Å²) in [4.78, 5) is 12.4. The van der Waals surface area contributed by atoms with E-state index < -0.39 is 5.97 Å². The highest BCUT2D eigenvalue weighted by Crippen LogP contribution is 2.16. The van der Waals surface area contributed by atoms with Crippen LogP contribution in [0.25, 0.3) is 0 Å². The van der Waals surface area contributed by atoms with Crippen LogP contribution in [0.3, 0.4) is 0 Å². The summed E-state index contributed by atoms with van der Waals surface area (Å²) in [5, 5.41) is 9.34. The van der Waals surface area contributed by atoms with Crippen LogP contribution in [-0.4, -0.2) is 42.2 Å².